The molecule has 1 N–H and O–H groups in total. The highest BCUT2D eigenvalue weighted by Gasteiger charge is 2.17. The maximum absolute atomic E-state index is 5.52. The average Bonchev–Trinajstić information content (AvgIpc) is 2.83. The summed E-state index contributed by atoms with van der Waals surface area (Å²) in [6, 6.07) is 6.16. The molecule has 1 aromatic heterocycles. The number of methoxy groups -OCH3 is 2. The van der Waals surface area contributed by atoms with E-state index in [1.807, 2.05) is 6.07 Å². The maximum atomic E-state index is 5.52. The first-order chi connectivity index (χ1) is 9.58. The first-order valence-corrected chi connectivity index (χ1v) is 7.19. The second-order valence-electron chi connectivity index (χ2n) is 4.90. The van der Waals surface area contributed by atoms with Crippen LogP contribution in [0.4, 0.5) is 0 Å². The van der Waals surface area contributed by atoms with Crippen LogP contribution in [0.3, 0.4) is 0 Å². The van der Waals surface area contributed by atoms with E-state index in [1.54, 1.807) is 14.2 Å². The molecule has 0 amide bonds. The van der Waals surface area contributed by atoms with Crippen molar-refractivity contribution in [1.29, 1.82) is 0 Å². The van der Waals surface area contributed by atoms with Crippen molar-refractivity contribution in [3.8, 4) is 11.5 Å². The van der Waals surface area contributed by atoms with Crippen molar-refractivity contribution in [2.45, 2.75) is 13.8 Å². The Morgan fingerprint density at radius 3 is 2.45 bits per heavy atom. The van der Waals surface area contributed by atoms with E-state index < -0.39 is 0 Å². The molecule has 3 aromatic rings. The van der Waals surface area contributed by atoms with Crippen molar-refractivity contribution in [1.82, 2.24) is 4.98 Å². The fourth-order valence-electron chi connectivity index (χ4n) is 2.76. The van der Waals surface area contributed by atoms with Crippen LogP contribution >= 0.6 is 15.9 Å². The van der Waals surface area contributed by atoms with Crippen LogP contribution in [0.25, 0.3) is 21.8 Å². The van der Waals surface area contributed by atoms with Gasteiger partial charge in [0.15, 0.2) is 11.5 Å². The van der Waals surface area contributed by atoms with Gasteiger partial charge in [-0.25, -0.2) is 0 Å². The summed E-state index contributed by atoms with van der Waals surface area (Å²) in [4.78, 5) is 3.48. The van der Waals surface area contributed by atoms with Gasteiger partial charge in [-0.05, 0) is 43.2 Å². The SMILES string of the molecule is COc1ccc2c([nH]c3c(C)cc(Br)c(C)c32)c1OC. The Bertz CT molecular complexity index is 821. The van der Waals surface area contributed by atoms with Gasteiger partial charge in [-0.2, -0.15) is 0 Å². The molecule has 1 heterocycles. The van der Waals surface area contributed by atoms with E-state index in [2.05, 4.69) is 46.9 Å². The highest BCUT2D eigenvalue weighted by atomic mass is 79.9. The molecule has 2 aromatic carbocycles. The van der Waals surface area contributed by atoms with Crippen molar-refractivity contribution < 1.29 is 9.47 Å². The van der Waals surface area contributed by atoms with Crippen LogP contribution in [0.15, 0.2) is 22.7 Å². The quantitative estimate of drug-likeness (QED) is 0.736. The Labute approximate surface area is 126 Å². The van der Waals surface area contributed by atoms with Gasteiger partial charge < -0.3 is 14.5 Å². The van der Waals surface area contributed by atoms with Gasteiger partial charge in [-0.3, -0.25) is 0 Å². The molecular formula is C16H16BrNO2. The van der Waals surface area contributed by atoms with Crippen LogP contribution in [0.5, 0.6) is 11.5 Å². The molecule has 3 rings (SSSR count). The Balaban J connectivity index is 2.55. The van der Waals surface area contributed by atoms with Gasteiger partial charge in [-0.1, -0.05) is 15.9 Å². The fourth-order valence-corrected chi connectivity index (χ4v) is 3.30. The molecule has 4 heteroatoms. The topological polar surface area (TPSA) is 34.2 Å². The third kappa shape index (κ3) is 1.71. The summed E-state index contributed by atoms with van der Waals surface area (Å²) in [5.74, 6) is 1.48. The number of aromatic nitrogens is 1. The Morgan fingerprint density at radius 1 is 1.05 bits per heavy atom. The van der Waals surface area contributed by atoms with Gasteiger partial charge in [0.2, 0.25) is 0 Å². The lowest BCUT2D eigenvalue weighted by atomic mass is 10.0. The zero-order chi connectivity index (χ0) is 14.4. The van der Waals surface area contributed by atoms with Crippen molar-refractivity contribution in [2.75, 3.05) is 14.2 Å². The van der Waals surface area contributed by atoms with Crippen molar-refractivity contribution in [3.05, 3.63) is 33.8 Å². The van der Waals surface area contributed by atoms with Crippen LogP contribution in [0.1, 0.15) is 11.1 Å². The molecule has 0 aliphatic carbocycles. The molecule has 0 aliphatic heterocycles. The monoisotopic (exact) mass is 333 g/mol. The summed E-state index contributed by atoms with van der Waals surface area (Å²) in [7, 11) is 3.32. The number of nitrogens with one attached hydrogen (secondary N) is 1. The maximum Gasteiger partial charge on any atom is 0.184 e. The van der Waals surface area contributed by atoms with E-state index >= 15 is 0 Å². The van der Waals surface area contributed by atoms with E-state index in [1.165, 1.54) is 16.5 Å². The molecule has 0 saturated heterocycles. The van der Waals surface area contributed by atoms with Crippen LogP contribution in [-0.2, 0) is 0 Å². The molecule has 0 fully saturated rings. The fraction of sp³-hybridized carbons (Fsp3) is 0.250. The van der Waals surface area contributed by atoms with Crippen LogP contribution in [-0.4, -0.2) is 19.2 Å². The second kappa shape index (κ2) is 4.70. The lowest BCUT2D eigenvalue weighted by molar-refractivity contribution is 0.358. The van der Waals surface area contributed by atoms with Gasteiger partial charge in [0, 0.05) is 20.8 Å². The van der Waals surface area contributed by atoms with Gasteiger partial charge in [0.1, 0.15) is 0 Å². The minimum atomic E-state index is 0.737. The van der Waals surface area contributed by atoms with Gasteiger partial charge in [-0.15, -0.1) is 0 Å². The van der Waals surface area contributed by atoms with Gasteiger partial charge in [0.25, 0.3) is 0 Å². The number of hydrogen-bond acceptors (Lipinski definition) is 2. The number of rotatable bonds is 2. The molecule has 0 spiro atoms. The highest BCUT2D eigenvalue weighted by molar-refractivity contribution is 9.10. The molecule has 0 unspecified atom stereocenters. The van der Waals surface area contributed by atoms with E-state index in [-0.39, 0.29) is 0 Å². The Morgan fingerprint density at radius 2 is 1.80 bits per heavy atom. The summed E-state index contributed by atoms with van der Waals surface area (Å²) in [6.45, 7) is 4.22. The minimum absolute atomic E-state index is 0.737. The number of halogens is 1. The molecule has 0 atom stereocenters. The van der Waals surface area contributed by atoms with E-state index in [4.69, 9.17) is 9.47 Å². The molecule has 20 heavy (non-hydrogen) atoms. The number of H-pyrrole nitrogens is 1. The van der Waals surface area contributed by atoms with Crippen LogP contribution in [0.2, 0.25) is 0 Å². The minimum Gasteiger partial charge on any atom is -0.493 e. The van der Waals surface area contributed by atoms with E-state index in [0.29, 0.717) is 0 Å². The van der Waals surface area contributed by atoms with Crippen molar-refractivity contribution >= 4 is 37.7 Å². The number of fused-ring (bicyclic) bond motifs is 3. The predicted octanol–water partition coefficient (Wildman–Crippen LogP) is 4.72. The first kappa shape index (κ1) is 13.3. The third-order valence-corrected chi connectivity index (χ3v) is 4.61. The molecular weight excluding hydrogens is 318 g/mol. The highest BCUT2D eigenvalue weighted by Crippen LogP contribution is 2.41. The molecule has 0 saturated carbocycles. The van der Waals surface area contributed by atoms with Crippen molar-refractivity contribution in [3.63, 3.8) is 0 Å². The summed E-state index contributed by atoms with van der Waals surface area (Å²) in [5, 5.41) is 2.38. The normalized spacial score (nSPS) is 11.2. The number of aryl methyl sites for hydroxylation is 2. The molecule has 3 nitrogen and oxygen atoms in total. The Hall–Kier alpha value is -1.68. The van der Waals surface area contributed by atoms with E-state index in [0.717, 1.165) is 32.4 Å². The predicted molar refractivity (Wildman–Crippen MR) is 86.1 cm³/mol. The smallest absolute Gasteiger partial charge is 0.184 e. The number of hydrogen-bond donors (Lipinski definition) is 1. The lowest BCUT2D eigenvalue weighted by Crippen LogP contribution is -1.90. The van der Waals surface area contributed by atoms with Crippen LogP contribution in [0, 0.1) is 13.8 Å². The third-order valence-electron chi connectivity index (χ3n) is 3.79. The summed E-state index contributed by atoms with van der Waals surface area (Å²) >= 11 is 3.63. The summed E-state index contributed by atoms with van der Waals surface area (Å²) < 4.78 is 12.0. The zero-order valence-electron chi connectivity index (χ0n) is 11.9. The van der Waals surface area contributed by atoms with E-state index in [9.17, 15) is 0 Å². The summed E-state index contributed by atoms with van der Waals surface area (Å²) in [6.07, 6.45) is 0. The number of ether oxygens (including phenoxy) is 2. The van der Waals surface area contributed by atoms with Crippen LogP contribution < -0.4 is 9.47 Å². The Kier molecular flexibility index (Phi) is 3.13. The van der Waals surface area contributed by atoms with Gasteiger partial charge in [0.05, 0.1) is 19.7 Å². The molecule has 104 valence electrons. The lowest BCUT2D eigenvalue weighted by Gasteiger charge is -2.08. The van der Waals surface area contributed by atoms with Crippen molar-refractivity contribution in [2.24, 2.45) is 0 Å². The molecule has 0 aliphatic rings. The summed E-state index contributed by atoms with van der Waals surface area (Å²) in [5.41, 5.74) is 4.55. The second-order valence-corrected chi connectivity index (χ2v) is 5.75. The molecule has 0 radical (unpaired) electrons. The number of benzene rings is 2. The largest absolute Gasteiger partial charge is 0.493 e. The zero-order valence-corrected chi connectivity index (χ0v) is 13.5. The number of aromatic amines is 1. The average molecular weight is 334 g/mol. The standard InChI is InChI=1S/C16H16BrNO2/c1-8-7-11(17)9(2)13-10-5-6-12(19-3)16(20-4)15(10)18-14(8)13/h5-7,18H,1-4H3. The molecule has 0 bridgehead atoms. The van der Waals surface area contributed by atoms with Gasteiger partial charge >= 0.3 is 0 Å². The first-order valence-electron chi connectivity index (χ1n) is 6.40.